The van der Waals surface area contributed by atoms with E-state index in [0.717, 1.165) is 21.5 Å². The normalized spacial score (nSPS) is 10.9. The highest BCUT2D eigenvalue weighted by Crippen LogP contribution is 2.35. The molecule has 122 valence electrons. The van der Waals surface area contributed by atoms with Crippen molar-refractivity contribution in [2.45, 2.75) is 0 Å². The molecule has 25 heavy (non-hydrogen) atoms. The standard InChI is InChI=1S/C19H12ClN3OS/c20-12-6-4-11(5-7-12)14-9-8-13-16(21)18(25-19(13)23-14)17(24)15-3-1-2-10-22-15/h1-10H,21H2. The molecule has 6 heteroatoms. The number of aromatic nitrogens is 2. The van der Waals surface area contributed by atoms with Crippen LogP contribution >= 0.6 is 22.9 Å². The fourth-order valence-corrected chi connectivity index (χ4v) is 3.73. The zero-order valence-corrected chi connectivity index (χ0v) is 14.5. The van der Waals surface area contributed by atoms with Crippen molar-refractivity contribution in [2.24, 2.45) is 0 Å². The van der Waals surface area contributed by atoms with E-state index in [1.807, 2.05) is 36.4 Å². The van der Waals surface area contributed by atoms with Gasteiger partial charge in [-0.25, -0.2) is 4.98 Å². The van der Waals surface area contributed by atoms with Gasteiger partial charge in [0.05, 0.1) is 11.4 Å². The molecule has 0 spiro atoms. The van der Waals surface area contributed by atoms with E-state index in [2.05, 4.69) is 9.97 Å². The maximum atomic E-state index is 12.7. The number of anilines is 1. The molecule has 3 heterocycles. The van der Waals surface area contributed by atoms with Crippen LogP contribution in [0.15, 0.2) is 60.8 Å². The number of fused-ring (bicyclic) bond motifs is 1. The van der Waals surface area contributed by atoms with Crippen LogP contribution in [0.4, 0.5) is 5.69 Å². The lowest BCUT2D eigenvalue weighted by Crippen LogP contribution is -2.03. The van der Waals surface area contributed by atoms with Gasteiger partial charge in [-0.15, -0.1) is 11.3 Å². The molecule has 0 aliphatic rings. The van der Waals surface area contributed by atoms with E-state index in [0.29, 0.717) is 21.3 Å². The fraction of sp³-hybridized carbons (Fsp3) is 0. The summed E-state index contributed by atoms with van der Waals surface area (Å²) in [5.41, 5.74) is 8.78. The Morgan fingerprint density at radius 3 is 2.56 bits per heavy atom. The van der Waals surface area contributed by atoms with Gasteiger partial charge in [-0.3, -0.25) is 9.78 Å². The summed E-state index contributed by atoms with van der Waals surface area (Å²) in [6, 6.07) is 16.5. The highest BCUT2D eigenvalue weighted by atomic mass is 35.5. The van der Waals surface area contributed by atoms with Crippen molar-refractivity contribution in [3.8, 4) is 11.3 Å². The van der Waals surface area contributed by atoms with Gasteiger partial charge in [0.15, 0.2) is 0 Å². The zero-order valence-electron chi connectivity index (χ0n) is 12.9. The van der Waals surface area contributed by atoms with Crippen molar-refractivity contribution >= 4 is 44.6 Å². The molecule has 2 N–H and O–H groups in total. The van der Waals surface area contributed by atoms with Gasteiger partial charge in [0, 0.05) is 22.2 Å². The van der Waals surface area contributed by atoms with Crippen molar-refractivity contribution in [2.75, 3.05) is 5.73 Å². The molecule has 0 fully saturated rings. The molecule has 0 amide bonds. The first-order valence-corrected chi connectivity index (χ1v) is 8.73. The summed E-state index contributed by atoms with van der Waals surface area (Å²) < 4.78 is 0. The van der Waals surface area contributed by atoms with Crippen molar-refractivity contribution < 1.29 is 4.79 Å². The number of benzene rings is 1. The van der Waals surface area contributed by atoms with Crippen LogP contribution in [0.3, 0.4) is 0 Å². The SMILES string of the molecule is Nc1c(C(=O)c2ccccn2)sc2nc(-c3ccc(Cl)cc3)ccc12. The molecular formula is C19H12ClN3OS. The minimum atomic E-state index is -0.186. The van der Waals surface area contributed by atoms with Gasteiger partial charge < -0.3 is 5.73 Å². The summed E-state index contributed by atoms with van der Waals surface area (Å²) >= 11 is 7.22. The highest BCUT2D eigenvalue weighted by molar-refractivity contribution is 7.21. The number of hydrogen-bond acceptors (Lipinski definition) is 5. The first kappa shape index (κ1) is 15.7. The minimum absolute atomic E-state index is 0.186. The van der Waals surface area contributed by atoms with E-state index in [1.165, 1.54) is 11.3 Å². The number of thiophene rings is 1. The van der Waals surface area contributed by atoms with E-state index >= 15 is 0 Å². The lowest BCUT2D eigenvalue weighted by atomic mass is 10.1. The second-order valence-electron chi connectivity index (χ2n) is 5.45. The molecule has 4 rings (SSSR count). The smallest absolute Gasteiger partial charge is 0.223 e. The lowest BCUT2D eigenvalue weighted by molar-refractivity contribution is 0.103. The van der Waals surface area contributed by atoms with Crippen LogP contribution in [0.25, 0.3) is 21.5 Å². The monoisotopic (exact) mass is 365 g/mol. The number of nitrogens with zero attached hydrogens (tertiary/aromatic N) is 2. The predicted molar refractivity (Wildman–Crippen MR) is 102 cm³/mol. The Morgan fingerprint density at radius 1 is 1.04 bits per heavy atom. The second kappa shape index (κ2) is 6.27. The van der Waals surface area contributed by atoms with Crippen LogP contribution in [-0.4, -0.2) is 15.8 Å². The van der Waals surface area contributed by atoms with Crippen molar-refractivity contribution in [1.29, 1.82) is 0 Å². The number of carbonyl (C=O) groups is 1. The Hall–Kier alpha value is -2.76. The summed E-state index contributed by atoms with van der Waals surface area (Å²) in [7, 11) is 0. The maximum Gasteiger partial charge on any atom is 0.223 e. The van der Waals surface area contributed by atoms with E-state index in [9.17, 15) is 4.79 Å². The number of hydrogen-bond donors (Lipinski definition) is 1. The first-order chi connectivity index (χ1) is 12.1. The van der Waals surface area contributed by atoms with E-state index in [4.69, 9.17) is 17.3 Å². The molecule has 0 unspecified atom stereocenters. The number of nitrogens with two attached hydrogens (primary N) is 1. The largest absolute Gasteiger partial charge is 0.397 e. The average molecular weight is 366 g/mol. The van der Waals surface area contributed by atoms with E-state index in [-0.39, 0.29) is 5.78 Å². The van der Waals surface area contributed by atoms with Gasteiger partial charge in [-0.05, 0) is 36.4 Å². The molecule has 0 aliphatic carbocycles. The van der Waals surface area contributed by atoms with Crippen LogP contribution in [0.5, 0.6) is 0 Å². The number of ketones is 1. The van der Waals surface area contributed by atoms with Gasteiger partial charge in [0.1, 0.15) is 15.4 Å². The van der Waals surface area contributed by atoms with Gasteiger partial charge in [0.25, 0.3) is 0 Å². The van der Waals surface area contributed by atoms with Crippen molar-refractivity contribution in [3.05, 3.63) is 76.4 Å². The number of carbonyl (C=O) groups excluding carboxylic acids is 1. The van der Waals surface area contributed by atoms with Crippen LogP contribution in [0.2, 0.25) is 5.02 Å². The van der Waals surface area contributed by atoms with Gasteiger partial charge in [-0.1, -0.05) is 29.8 Å². The fourth-order valence-electron chi connectivity index (χ4n) is 2.56. The third-order valence-electron chi connectivity index (χ3n) is 3.84. The Kier molecular flexibility index (Phi) is 3.95. The minimum Gasteiger partial charge on any atom is -0.397 e. The van der Waals surface area contributed by atoms with E-state index in [1.54, 1.807) is 24.4 Å². The number of rotatable bonds is 3. The Morgan fingerprint density at radius 2 is 1.84 bits per heavy atom. The predicted octanol–water partition coefficient (Wildman–Crippen LogP) is 4.82. The average Bonchev–Trinajstić information content (AvgIpc) is 2.98. The zero-order chi connectivity index (χ0) is 17.4. The summed E-state index contributed by atoms with van der Waals surface area (Å²) in [5, 5.41) is 1.45. The summed E-state index contributed by atoms with van der Waals surface area (Å²) in [6.07, 6.45) is 1.59. The molecule has 0 bridgehead atoms. The summed E-state index contributed by atoms with van der Waals surface area (Å²) in [4.78, 5) is 22.6. The molecule has 3 aromatic heterocycles. The quantitative estimate of drug-likeness (QED) is 0.528. The molecule has 4 aromatic rings. The van der Waals surface area contributed by atoms with Gasteiger partial charge >= 0.3 is 0 Å². The number of halogens is 1. The maximum absolute atomic E-state index is 12.7. The molecule has 4 nitrogen and oxygen atoms in total. The Bertz CT molecular complexity index is 1080. The molecule has 0 saturated heterocycles. The van der Waals surface area contributed by atoms with Crippen molar-refractivity contribution in [1.82, 2.24) is 9.97 Å². The molecule has 0 aliphatic heterocycles. The first-order valence-electron chi connectivity index (χ1n) is 7.54. The summed E-state index contributed by atoms with van der Waals surface area (Å²) in [6.45, 7) is 0. The molecular weight excluding hydrogens is 354 g/mol. The molecule has 0 radical (unpaired) electrons. The number of pyridine rings is 2. The highest BCUT2D eigenvalue weighted by Gasteiger charge is 2.19. The van der Waals surface area contributed by atoms with Gasteiger partial charge in [0.2, 0.25) is 5.78 Å². The van der Waals surface area contributed by atoms with Crippen molar-refractivity contribution in [3.63, 3.8) is 0 Å². The van der Waals surface area contributed by atoms with Crippen LogP contribution in [-0.2, 0) is 0 Å². The van der Waals surface area contributed by atoms with Crippen LogP contribution in [0, 0.1) is 0 Å². The molecule has 0 atom stereocenters. The number of nitrogen functional groups attached to an aromatic ring is 1. The Balaban J connectivity index is 1.79. The second-order valence-corrected chi connectivity index (χ2v) is 6.88. The van der Waals surface area contributed by atoms with Crippen LogP contribution < -0.4 is 5.73 Å². The van der Waals surface area contributed by atoms with Gasteiger partial charge in [-0.2, -0.15) is 0 Å². The topological polar surface area (TPSA) is 68.9 Å². The van der Waals surface area contributed by atoms with Crippen LogP contribution in [0.1, 0.15) is 15.4 Å². The molecule has 1 aromatic carbocycles. The summed E-state index contributed by atoms with van der Waals surface area (Å²) in [5.74, 6) is -0.186. The lowest BCUT2D eigenvalue weighted by Gasteiger charge is -2.01. The third-order valence-corrected chi connectivity index (χ3v) is 5.20. The third kappa shape index (κ3) is 2.88. The Labute approximate surface area is 152 Å². The van der Waals surface area contributed by atoms with E-state index < -0.39 is 0 Å². The molecule has 0 saturated carbocycles.